The molecule has 0 saturated carbocycles. The molecular formula is C9H10N2O3. The number of imide groups is 3. The zero-order valence-corrected chi connectivity index (χ0v) is 7.47. The normalized spacial score (nSPS) is 30.7. The van der Waals surface area contributed by atoms with E-state index in [9.17, 15) is 14.4 Å². The molecule has 0 aromatic heterocycles. The van der Waals surface area contributed by atoms with Gasteiger partial charge in [-0.3, -0.25) is 9.59 Å². The van der Waals surface area contributed by atoms with Crippen LogP contribution < -0.4 is 5.73 Å². The Labute approximate surface area is 80.5 Å². The number of urea groups is 1. The smallest absolute Gasteiger partial charge is 0.328 e. The fraction of sp³-hybridized carbons (Fsp3) is 0.444. The molecule has 4 amide bonds. The lowest BCUT2D eigenvalue weighted by atomic mass is 9.86. The number of primary amides is 1. The van der Waals surface area contributed by atoms with Crippen molar-refractivity contribution in [2.24, 2.45) is 17.6 Å². The largest absolute Gasteiger partial charge is 0.351 e. The van der Waals surface area contributed by atoms with Crippen LogP contribution in [-0.2, 0) is 9.59 Å². The van der Waals surface area contributed by atoms with E-state index >= 15 is 0 Å². The molecule has 2 N–H and O–H groups in total. The topological polar surface area (TPSA) is 80.5 Å². The van der Waals surface area contributed by atoms with E-state index in [0.29, 0.717) is 11.3 Å². The zero-order chi connectivity index (χ0) is 10.3. The Balaban J connectivity index is 2.36. The number of nitrogens with zero attached hydrogens (tertiary/aromatic N) is 1. The molecule has 1 aliphatic heterocycles. The van der Waals surface area contributed by atoms with Crippen LogP contribution in [0.15, 0.2) is 12.2 Å². The molecule has 14 heavy (non-hydrogen) atoms. The summed E-state index contributed by atoms with van der Waals surface area (Å²) in [5, 5.41) is 0. The van der Waals surface area contributed by atoms with Gasteiger partial charge in [-0.15, -0.1) is 0 Å². The van der Waals surface area contributed by atoms with Crippen molar-refractivity contribution >= 4 is 17.8 Å². The Morgan fingerprint density at radius 3 is 2.71 bits per heavy atom. The van der Waals surface area contributed by atoms with E-state index < -0.39 is 23.8 Å². The Morgan fingerprint density at radius 1 is 1.43 bits per heavy atom. The van der Waals surface area contributed by atoms with E-state index in [1.54, 1.807) is 6.08 Å². The van der Waals surface area contributed by atoms with Crippen LogP contribution in [0.4, 0.5) is 4.79 Å². The van der Waals surface area contributed by atoms with E-state index in [2.05, 4.69) is 0 Å². The minimum atomic E-state index is -0.970. The van der Waals surface area contributed by atoms with Crippen molar-refractivity contribution in [3.63, 3.8) is 0 Å². The third-order valence-corrected chi connectivity index (χ3v) is 2.68. The summed E-state index contributed by atoms with van der Waals surface area (Å²) in [6.07, 6.45) is 4.94. The number of carbonyl (C=O) groups is 3. The number of carbonyl (C=O) groups excluding carboxylic acids is 3. The molecule has 1 heterocycles. The summed E-state index contributed by atoms with van der Waals surface area (Å²) >= 11 is 0. The maximum Gasteiger partial charge on any atom is 0.328 e. The molecule has 74 valence electrons. The van der Waals surface area contributed by atoms with Crippen molar-refractivity contribution in [3.05, 3.63) is 12.2 Å². The van der Waals surface area contributed by atoms with Crippen LogP contribution in [0.3, 0.4) is 0 Å². The molecule has 2 unspecified atom stereocenters. The maximum absolute atomic E-state index is 11.6. The lowest BCUT2D eigenvalue weighted by Crippen LogP contribution is -2.40. The number of nitrogens with two attached hydrogens (primary N) is 1. The molecule has 2 rings (SSSR count). The van der Waals surface area contributed by atoms with Crippen LogP contribution in [0.5, 0.6) is 0 Å². The van der Waals surface area contributed by atoms with Crippen LogP contribution in [0, 0.1) is 11.8 Å². The van der Waals surface area contributed by atoms with Gasteiger partial charge in [0.05, 0.1) is 11.8 Å². The Morgan fingerprint density at radius 2 is 2.14 bits per heavy atom. The summed E-state index contributed by atoms with van der Waals surface area (Å²) in [4.78, 5) is 34.5. The van der Waals surface area contributed by atoms with Crippen molar-refractivity contribution in [3.8, 4) is 0 Å². The van der Waals surface area contributed by atoms with Gasteiger partial charge >= 0.3 is 6.03 Å². The summed E-state index contributed by atoms with van der Waals surface area (Å²) < 4.78 is 0. The summed E-state index contributed by atoms with van der Waals surface area (Å²) in [6.45, 7) is 0. The average molecular weight is 194 g/mol. The highest BCUT2D eigenvalue weighted by Gasteiger charge is 2.48. The maximum atomic E-state index is 11.6. The van der Waals surface area contributed by atoms with Crippen LogP contribution >= 0.6 is 0 Å². The number of likely N-dealkylation sites (tertiary alicyclic amines) is 1. The molecule has 2 aliphatic rings. The number of allylic oxidation sites excluding steroid dienone is 1. The second-order valence-corrected chi connectivity index (χ2v) is 3.49. The van der Waals surface area contributed by atoms with Gasteiger partial charge in [-0.2, -0.15) is 4.90 Å². The molecular weight excluding hydrogens is 184 g/mol. The fourth-order valence-corrected chi connectivity index (χ4v) is 2.00. The fourth-order valence-electron chi connectivity index (χ4n) is 2.00. The van der Waals surface area contributed by atoms with Crippen LogP contribution in [0.2, 0.25) is 0 Å². The SMILES string of the molecule is NC(=O)N1C(=O)C2C=CCCC2C1=O. The third-order valence-electron chi connectivity index (χ3n) is 2.68. The predicted octanol–water partition coefficient (Wildman–Crippen LogP) is 0.0163. The van der Waals surface area contributed by atoms with Crippen molar-refractivity contribution in [2.75, 3.05) is 0 Å². The van der Waals surface area contributed by atoms with Gasteiger partial charge in [-0.05, 0) is 12.8 Å². The van der Waals surface area contributed by atoms with Crippen molar-refractivity contribution in [1.82, 2.24) is 4.90 Å². The molecule has 0 bridgehead atoms. The minimum absolute atomic E-state index is 0.375. The summed E-state index contributed by atoms with van der Waals surface area (Å²) in [6, 6.07) is -0.970. The van der Waals surface area contributed by atoms with E-state index in [1.165, 1.54) is 0 Å². The number of hydrogen-bond acceptors (Lipinski definition) is 3. The minimum Gasteiger partial charge on any atom is -0.351 e. The molecule has 1 aliphatic carbocycles. The first-order valence-electron chi connectivity index (χ1n) is 4.47. The first-order chi connectivity index (χ1) is 6.63. The van der Waals surface area contributed by atoms with Crippen LogP contribution in [0.1, 0.15) is 12.8 Å². The molecule has 0 aromatic rings. The highest BCUT2D eigenvalue weighted by Crippen LogP contribution is 2.33. The zero-order valence-electron chi connectivity index (χ0n) is 7.47. The number of hydrogen-bond donors (Lipinski definition) is 1. The highest BCUT2D eigenvalue weighted by molar-refractivity contribution is 6.16. The summed E-state index contributed by atoms with van der Waals surface area (Å²) in [5.41, 5.74) is 4.95. The van der Waals surface area contributed by atoms with Crippen molar-refractivity contribution in [1.29, 1.82) is 0 Å². The molecule has 0 radical (unpaired) electrons. The first kappa shape index (κ1) is 8.93. The molecule has 1 saturated heterocycles. The predicted molar refractivity (Wildman–Crippen MR) is 46.8 cm³/mol. The third kappa shape index (κ3) is 1.05. The second kappa shape index (κ2) is 2.94. The van der Waals surface area contributed by atoms with Gasteiger partial charge in [0.1, 0.15) is 0 Å². The first-order valence-corrected chi connectivity index (χ1v) is 4.47. The van der Waals surface area contributed by atoms with E-state index in [0.717, 1.165) is 6.42 Å². The van der Waals surface area contributed by atoms with E-state index in [1.807, 2.05) is 6.08 Å². The lowest BCUT2D eigenvalue weighted by Gasteiger charge is -2.14. The van der Waals surface area contributed by atoms with Gasteiger partial charge in [0.25, 0.3) is 0 Å². The number of amides is 4. The quantitative estimate of drug-likeness (QED) is 0.436. The molecule has 0 aromatic carbocycles. The van der Waals surface area contributed by atoms with Crippen LogP contribution in [-0.4, -0.2) is 22.7 Å². The van der Waals surface area contributed by atoms with Gasteiger partial charge in [-0.1, -0.05) is 12.2 Å². The summed E-state index contributed by atoms with van der Waals surface area (Å²) in [5.74, 6) is -1.77. The second-order valence-electron chi connectivity index (χ2n) is 3.49. The number of rotatable bonds is 0. The molecule has 5 nitrogen and oxygen atoms in total. The number of fused-ring (bicyclic) bond motifs is 1. The molecule has 5 heteroatoms. The Bertz CT molecular complexity index is 348. The Hall–Kier alpha value is -1.65. The van der Waals surface area contributed by atoms with Crippen LogP contribution in [0.25, 0.3) is 0 Å². The van der Waals surface area contributed by atoms with Gasteiger partial charge < -0.3 is 5.73 Å². The molecule has 0 spiro atoms. The molecule has 2 atom stereocenters. The van der Waals surface area contributed by atoms with Gasteiger partial charge in [0.15, 0.2) is 0 Å². The standard InChI is InChI=1S/C9H10N2O3/c10-9(14)11-7(12)5-3-1-2-4-6(5)8(11)13/h1,3,5-6H,2,4H2,(H2,10,14). The monoisotopic (exact) mass is 194 g/mol. The van der Waals surface area contributed by atoms with Crippen molar-refractivity contribution < 1.29 is 14.4 Å². The molecule has 1 fully saturated rings. The lowest BCUT2D eigenvalue weighted by molar-refractivity contribution is -0.135. The van der Waals surface area contributed by atoms with E-state index in [4.69, 9.17) is 5.73 Å². The highest BCUT2D eigenvalue weighted by atomic mass is 16.2. The average Bonchev–Trinajstić information content (AvgIpc) is 2.41. The summed E-state index contributed by atoms with van der Waals surface area (Å²) in [7, 11) is 0. The van der Waals surface area contributed by atoms with Gasteiger partial charge in [-0.25, -0.2) is 4.79 Å². The van der Waals surface area contributed by atoms with E-state index in [-0.39, 0.29) is 5.92 Å². The van der Waals surface area contributed by atoms with Crippen molar-refractivity contribution in [2.45, 2.75) is 12.8 Å². The van der Waals surface area contributed by atoms with Gasteiger partial charge in [0, 0.05) is 0 Å². The van der Waals surface area contributed by atoms with Gasteiger partial charge in [0.2, 0.25) is 11.8 Å². The Kier molecular flexibility index (Phi) is 1.87.